The van der Waals surface area contributed by atoms with E-state index in [9.17, 15) is 13.2 Å². The quantitative estimate of drug-likeness (QED) is 0.713. The van der Waals surface area contributed by atoms with Gasteiger partial charge in [0.1, 0.15) is 6.61 Å². The van der Waals surface area contributed by atoms with Crippen LogP contribution < -0.4 is 5.32 Å². The Morgan fingerprint density at radius 1 is 1.38 bits per heavy atom. The molecule has 1 aromatic rings. The topological polar surface area (TPSA) is 39.1 Å². The Morgan fingerprint density at radius 3 is 2.62 bits per heavy atom. The van der Waals surface area contributed by atoms with Crippen molar-refractivity contribution in [2.24, 2.45) is 0 Å². The summed E-state index contributed by atoms with van der Waals surface area (Å²) in [4.78, 5) is 0. The minimum absolute atomic E-state index is 0.0683. The summed E-state index contributed by atoms with van der Waals surface area (Å²) < 4.78 is 42.5. The average Bonchev–Trinajstić information content (AvgIpc) is 2.82. The molecule has 0 aromatic carbocycles. The van der Waals surface area contributed by atoms with E-state index < -0.39 is 12.8 Å². The minimum atomic E-state index is -4.26. The maximum Gasteiger partial charge on any atom is 0.411 e. The first kappa shape index (κ1) is 18.0. The van der Waals surface area contributed by atoms with Crippen molar-refractivity contribution in [1.29, 1.82) is 0 Å². The summed E-state index contributed by atoms with van der Waals surface area (Å²) in [7, 11) is 0. The van der Waals surface area contributed by atoms with Gasteiger partial charge in [0.2, 0.25) is 0 Å². The van der Waals surface area contributed by atoms with Crippen molar-refractivity contribution in [3.8, 4) is 0 Å². The highest BCUT2D eigenvalue weighted by Crippen LogP contribution is 2.15. The highest BCUT2D eigenvalue weighted by atomic mass is 19.4. The van der Waals surface area contributed by atoms with E-state index in [1.54, 1.807) is 0 Å². The number of aromatic nitrogens is 2. The molecule has 1 atom stereocenters. The van der Waals surface area contributed by atoms with Crippen LogP contribution >= 0.6 is 0 Å². The molecular weight excluding hydrogens is 283 g/mol. The lowest BCUT2D eigenvalue weighted by Gasteiger charge is -2.17. The van der Waals surface area contributed by atoms with Gasteiger partial charge in [-0.3, -0.25) is 4.68 Å². The molecule has 0 spiro atoms. The van der Waals surface area contributed by atoms with Crippen molar-refractivity contribution in [2.75, 3.05) is 19.8 Å². The molecule has 0 saturated heterocycles. The van der Waals surface area contributed by atoms with Gasteiger partial charge in [-0.05, 0) is 32.9 Å². The van der Waals surface area contributed by atoms with Crippen LogP contribution in [0.4, 0.5) is 13.2 Å². The first-order chi connectivity index (χ1) is 9.81. The summed E-state index contributed by atoms with van der Waals surface area (Å²) >= 11 is 0. The number of rotatable bonds is 9. The normalized spacial score (nSPS) is 13.9. The lowest BCUT2D eigenvalue weighted by atomic mass is 10.1. The minimum Gasteiger partial charge on any atom is -0.372 e. The summed E-state index contributed by atoms with van der Waals surface area (Å²) in [5, 5.41) is 7.71. The fourth-order valence-corrected chi connectivity index (χ4v) is 2.00. The average molecular weight is 307 g/mol. The van der Waals surface area contributed by atoms with Gasteiger partial charge in [-0.1, -0.05) is 6.92 Å². The summed E-state index contributed by atoms with van der Waals surface area (Å²) in [5.41, 5.74) is 0.936. The van der Waals surface area contributed by atoms with Crippen LogP contribution in [0, 0.1) is 0 Å². The molecule has 0 bridgehead atoms. The van der Waals surface area contributed by atoms with Crippen LogP contribution in [0.2, 0.25) is 0 Å². The van der Waals surface area contributed by atoms with Gasteiger partial charge >= 0.3 is 6.18 Å². The lowest BCUT2D eigenvalue weighted by molar-refractivity contribution is -0.174. The van der Waals surface area contributed by atoms with E-state index in [0.29, 0.717) is 18.9 Å². The molecular formula is C14H24F3N3O. The molecule has 1 unspecified atom stereocenters. The van der Waals surface area contributed by atoms with Crippen molar-refractivity contribution >= 4 is 0 Å². The molecule has 0 saturated carbocycles. The number of likely N-dealkylation sites (N-methyl/N-ethyl adjacent to an activating group) is 1. The van der Waals surface area contributed by atoms with Crippen LogP contribution in [0.1, 0.15) is 38.9 Å². The van der Waals surface area contributed by atoms with Crippen LogP contribution in [-0.2, 0) is 11.2 Å². The van der Waals surface area contributed by atoms with Gasteiger partial charge in [-0.15, -0.1) is 0 Å². The molecule has 0 aliphatic carbocycles. The number of alkyl halides is 3. The van der Waals surface area contributed by atoms with Gasteiger partial charge in [0.15, 0.2) is 0 Å². The first-order valence-electron chi connectivity index (χ1n) is 7.23. The van der Waals surface area contributed by atoms with Crippen LogP contribution in [-0.4, -0.2) is 41.8 Å². The van der Waals surface area contributed by atoms with E-state index in [1.165, 1.54) is 0 Å². The Labute approximate surface area is 123 Å². The number of hydrogen-bond acceptors (Lipinski definition) is 3. The maximum atomic E-state index is 12.0. The van der Waals surface area contributed by atoms with Gasteiger partial charge in [-0.2, -0.15) is 18.3 Å². The standard InChI is InChI=1S/C14H24F3N3O/c1-4-18-12(6-8-21-10-14(15,16)17)9-13-5-7-20(19-13)11(2)3/h5,7,11-12,18H,4,6,8-10H2,1-3H3. The number of ether oxygens (including phenoxy) is 1. The van der Waals surface area contributed by atoms with Gasteiger partial charge in [0.25, 0.3) is 0 Å². The van der Waals surface area contributed by atoms with Crippen molar-refractivity contribution < 1.29 is 17.9 Å². The van der Waals surface area contributed by atoms with Gasteiger partial charge < -0.3 is 10.1 Å². The first-order valence-corrected chi connectivity index (χ1v) is 7.23. The molecule has 0 aliphatic heterocycles. The second kappa shape index (κ2) is 8.38. The summed E-state index contributed by atoms with van der Waals surface area (Å²) in [5.74, 6) is 0. The molecule has 0 fully saturated rings. The Bertz CT molecular complexity index is 404. The van der Waals surface area contributed by atoms with Gasteiger partial charge in [0, 0.05) is 31.3 Å². The van der Waals surface area contributed by atoms with E-state index >= 15 is 0 Å². The molecule has 21 heavy (non-hydrogen) atoms. The molecule has 0 radical (unpaired) electrons. The summed E-state index contributed by atoms with van der Waals surface area (Å²) in [6.45, 7) is 5.72. The number of nitrogens with zero attached hydrogens (tertiary/aromatic N) is 2. The Hall–Kier alpha value is -1.08. The fraction of sp³-hybridized carbons (Fsp3) is 0.786. The third-order valence-corrected chi connectivity index (χ3v) is 3.02. The van der Waals surface area contributed by atoms with Crippen LogP contribution in [0.5, 0.6) is 0 Å². The van der Waals surface area contributed by atoms with Crippen LogP contribution in [0.3, 0.4) is 0 Å². The predicted molar refractivity (Wildman–Crippen MR) is 75.3 cm³/mol. The van der Waals surface area contributed by atoms with E-state index in [2.05, 4.69) is 15.2 Å². The SMILES string of the molecule is CCNC(CCOCC(F)(F)F)Cc1ccn(C(C)C)n1. The second-order valence-corrected chi connectivity index (χ2v) is 5.30. The highest BCUT2D eigenvalue weighted by Gasteiger charge is 2.27. The molecule has 122 valence electrons. The predicted octanol–water partition coefficient (Wildman–Crippen LogP) is 2.95. The molecule has 1 N–H and O–H groups in total. The van der Waals surface area contributed by atoms with Crippen LogP contribution in [0.15, 0.2) is 12.3 Å². The largest absolute Gasteiger partial charge is 0.411 e. The zero-order valence-electron chi connectivity index (χ0n) is 12.8. The fourth-order valence-electron chi connectivity index (χ4n) is 2.00. The Morgan fingerprint density at radius 2 is 2.10 bits per heavy atom. The van der Waals surface area contributed by atoms with Crippen molar-refractivity contribution in [3.63, 3.8) is 0 Å². The number of halogens is 3. The Balaban J connectivity index is 2.41. The van der Waals surface area contributed by atoms with Crippen LogP contribution in [0.25, 0.3) is 0 Å². The second-order valence-electron chi connectivity index (χ2n) is 5.30. The van der Waals surface area contributed by atoms with Crippen molar-refractivity contribution in [1.82, 2.24) is 15.1 Å². The third-order valence-electron chi connectivity index (χ3n) is 3.02. The molecule has 4 nitrogen and oxygen atoms in total. The molecule has 0 aliphatic rings. The molecule has 7 heteroatoms. The molecule has 0 amide bonds. The maximum absolute atomic E-state index is 12.0. The summed E-state index contributed by atoms with van der Waals surface area (Å²) in [6.07, 6.45) is -1.13. The van der Waals surface area contributed by atoms with Crippen molar-refractivity contribution in [3.05, 3.63) is 18.0 Å². The van der Waals surface area contributed by atoms with Gasteiger partial charge in [-0.25, -0.2) is 0 Å². The van der Waals surface area contributed by atoms with E-state index in [-0.39, 0.29) is 12.6 Å². The number of hydrogen-bond donors (Lipinski definition) is 1. The smallest absolute Gasteiger partial charge is 0.372 e. The zero-order chi connectivity index (χ0) is 15.9. The van der Waals surface area contributed by atoms with E-state index in [0.717, 1.165) is 12.2 Å². The molecule has 1 aromatic heterocycles. The van der Waals surface area contributed by atoms with Crippen molar-refractivity contribution in [2.45, 2.75) is 51.9 Å². The Kier molecular flexibility index (Phi) is 7.17. The number of nitrogens with one attached hydrogen (secondary N) is 1. The highest BCUT2D eigenvalue weighted by molar-refractivity contribution is 5.02. The lowest BCUT2D eigenvalue weighted by Crippen LogP contribution is -2.33. The van der Waals surface area contributed by atoms with E-state index in [1.807, 2.05) is 37.7 Å². The zero-order valence-corrected chi connectivity index (χ0v) is 12.8. The third kappa shape index (κ3) is 7.47. The van der Waals surface area contributed by atoms with Gasteiger partial charge in [0.05, 0.1) is 5.69 Å². The molecule has 1 rings (SSSR count). The summed E-state index contributed by atoms with van der Waals surface area (Å²) in [6, 6.07) is 2.31. The van der Waals surface area contributed by atoms with E-state index in [4.69, 9.17) is 0 Å². The molecule has 1 heterocycles. The monoisotopic (exact) mass is 307 g/mol.